The number of thiocarbonyl (C=S) groups is 1. The van der Waals surface area contributed by atoms with Gasteiger partial charge in [0.15, 0.2) is 0 Å². The summed E-state index contributed by atoms with van der Waals surface area (Å²) in [6.45, 7) is 1.85. The predicted molar refractivity (Wildman–Crippen MR) is 65.9 cm³/mol. The van der Waals surface area contributed by atoms with Gasteiger partial charge in [-0.3, -0.25) is 4.68 Å². The Morgan fingerprint density at radius 3 is 2.82 bits per heavy atom. The minimum Gasteiger partial charge on any atom is -0.403 e. The molecule has 2 heterocycles. The third kappa shape index (κ3) is 2.56. The van der Waals surface area contributed by atoms with Crippen LogP contribution in [0.15, 0.2) is 18.5 Å². The maximum absolute atomic E-state index is 5.59. The van der Waals surface area contributed by atoms with E-state index in [-0.39, 0.29) is 11.0 Å². The van der Waals surface area contributed by atoms with E-state index in [1.54, 1.807) is 13.1 Å². The molecule has 0 aliphatic rings. The van der Waals surface area contributed by atoms with Gasteiger partial charge in [0.25, 0.3) is 0 Å². The molecule has 0 saturated carbocycles. The van der Waals surface area contributed by atoms with Gasteiger partial charge >= 0.3 is 6.01 Å². The first-order valence-corrected chi connectivity index (χ1v) is 5.28. The van der Waals surface area contributed by atoms with Crippen LogP contribution in [-0.4, -0.2) is 24.7 Å². The van der Waals surface area contributed by atoms with Crippen molar-refractivity contribution < 1.29 is 4.74 Å². The molecule has 0 radical (unpaired) electrons. The first kappa shape index (κ1) is 11.5. The van der Waals surface area contributed by atoms with Gasteiger partial charge in [0, 0.05) is 12.7 Å². The zero-order chi connectivity index (χ0) is 12.4. The summed E-state index contributed by atoms with van der Waals surface area (Å²) in [5.41, 5.74) is 6.96. The quantitative estimate of drug-likeness (QED) is 0.816. The lowest BCUT2D eigenvalue weighted by Crippen LogP contribution is -2.12. The molecule has 0 atom stereocenters. The van der Waals surface area contributed by atoms with E-state index in [1.807, 2.05) is 13.0 Å². The summed E-state index contributed by atoms with van der Waals surface area (Å²) in [4.78, 5) is 8.39. The smallest absolute Gasteiger partial charge is 0.342 e. The molecule has 0 amide bonds. The van der Waals surface area contributed by atoms with E-state index in [2.05, 4.69) is 15.1 Å². The van der Waals surface area contributed by atoms with Crippen LogP contribution in [0.2, 0.25) is 0 Å². The van der Waals surface area contributed by atoms with Crippen LogP contribution < -0.4 is 10.5 Å². The molecule has 6 nitrogen and oxygen atoms in total. The normalized spacial score (nSPS) is 10.2. The molecule has 88 valence electrons. The number of ether oxygens (including phenoxy) is 1. The fourth-order valence-electron chi connectivity index (χ4n) is 1.25. The Morgan fingerprint density at radius 2 is 2.24 bits per heavy atom. The lowest BCUT2D eigenvalue weighted by molar-refractivity contribution is 0.421. The highest BCUT2D eigenvalue weighted by Gasteiger charge is 2.11. The highest BCUT2D eigenvalue weighted by atomic mass is 32.1. The van der Waals surface area contributed by atoms with E-state index >= 15 is 0 Å². The number of nitrogens with zero attached hydrogens (tertiary/aromatic N) is 4. The second-order valence-corrected chi connectivity index (χ2v) is 3.91. The van der Waals surface area contributed by atoms with Crippen molar-refractivity contribution in [3.8, 4) is 11.9 Å². The van der Waals surface area contributed by atoms with Crippen LogP contribution in [0.3, 0.4) is 0 Å². The van der Waals surface area contributed by atoms with Crippen LogP contribution in [0, 0.1) is 6.92 Å². The molecule has 0 aliphatic carbocycles. The summed E-state index contributed by atoms with van der Waals surface area (Å²) in [7, 11) is 1.75. The number of hydrogen-bond donors (Lipinski definition) is 1. The predicted octanol–water partition coefficient (Wildman–Crippen LogP) is 0.945. The second kappa shape index (κ2) is 4.46. The molecule has 17 heavy (non-hydrogen) atoms. The minimum absolute atomic E-state index is 0.211. The summed E-state index contributed by atoms with van der Waals surface area (Å²) in [6, 6.07) is 3.79. The first-order chi connectivity index (χ1) is 8.06. The summed E-state index contributed by atoms with van der Waals surface area (Å²) in [5.74, 6) is 0.323. The molecular weight excluding hydrogens is 238 g/mol. The van der Waals surface area contributed by atoms with Gasteiger partial charge in [0.05, 0.1) is 5.56 Å². The van der Waals surface area contributed by atoms with Crippen LogP contribution in [0.5, 0.6) is 11.9 Å². The molecule has 0 spiro atoms. The maximum atomic E-state index is 5.59. The van der Waals surface area contributed by atoms with Gasteiger partial charge in [-0.25, -0.2) is 4.98 Å². The average Bonchev–Trinajstić information content (AvgIpc) is 2.63. The molecular formula is C10H11N5OS. The largest absolute Gasteiger partial charge is 0.403 e. The summed E-state index contributed by atoms with van der Waals surface area (Å²) in [6.07, 6.45) is 1.53. The van der Waals surface area contributed by atoms with Gasteiger partial charge in [-0.1, -0.05) is 12.2 Å². The maximum Gasteiger partial charge on any atom is 0.342 e. The van der Waals surface area contributed by atoms with Crippen molar-refractivity contribution in [3.05, 3.63) is 29.7 Å². The monoisotopic (exact) mass is 249 g/mol. The minimum atomic E-state index is 0.211. The van der Waals surface area contributed by atoms with Crippen LogP contribution in [0.1, 0.15) is 11.3 Å². The number of hydrogen-bond acceptors (Lipinski definition) is 5. The van der Waals surface area contributed by atoms with E-state index < -0.39 is 0 Å². The topological polar surface area (TPSA) is 78.9 Å². The van der Waals surface area contributed by atoms with Crippen molar-refractivity contribution >= 4 is 17.2 Å². The lowest BCUT2D eigenvalue weighted by atomic mass is 10.2. The summed E-state index contributed by atoms with van der Waals surface area (Å²) >= 11 is 4.93. The van der Waals surface area contributed by atoms with E-state index in [0.717, 1.165) is 5.69 Å². The fraction of sp³-hybridized carbons (Fsp3) is 0.200. The zero-order valence-corrected chi connectivity index (χ0v) is 10.2. The average molecular weight is 249 g/mol. The first-order valence-electron chi connectivity index (χ1n) is 4.87. The van der Waals surface area contributed by atoms with E-state index in [9.17, 15) is 0 Å². The molecule has 0 fully saturated rings. The Morgan fingerprint density at radius 1 is 1.47 bits per heavy atom. The Bertz CT molecular complexity index is 566. The summed E-state index contributed by atoms with van der Waals surface area (Å²) < 4.78 is 6.98. The molecule has 2 N–H and O–H groups in total. The molecule has 2 aromatic rings. The molecule has 2 rings (SSSR count). The molecule has 0 aliphatic heterocycles. The number of aromatic nitrogens is 4. The number of pyridine rings is 1. The molecule has 0 unspecified atom stereocenters. The molecule has 7 heteroatoms. The second-order valence-electron chi connectivity index (χ2n) is 3.47. The third-order valence-corrected chi connectivity index (χ3v) is 2.25. The number of aryl methyl sites for hydroxylation is 2. The van der Waals surface area contributed by atoms with Gasteiger partial charge in [-0.05, 0) is 19.1 Å². The zero-order valence-electron chi connectivity index (χ0n) is 9.41. The van der Waals surface area contributed by atoms with E-state index in [0.29, 0.717) is 11.4 Å². The van der Waals surface area contributed by atoms with Crippen LogP contribution in [0.4, 0.5) is 0 Å². The van der Waals surface area contributed by atoms with Gasteiger partial charge in [0.1, 0.15) is 11.3 Å². The van der Waals surface area contributed by atoms with Crippen molar-refractivity contribution in [1.82, 2.24) is 19.7 Å². The van der Waals surface area contributed by atoms with Gasteiger partial charge in [0.2, 0.25) is 5.88 Å². The standard InChI is InChI=1S/C10H11N5OS/c1-6-3-4-7(8(11)17)9(13-6)16-10-12-5-15(2)14-10/h3-5H,1-2H3,(H2,11,17). The molecule has 0 aromatic carbocycles. The van der Waals surface area contributed by atoms with Gasteiger partial charge < -0.3 is 10.5 Å². The highest BCUT2D eigenvalue weighted by molar-refractivity contribution is 7.80. The Hall–Kier alpha value is -2.02. The summed E-state index contributed by atoms with van der Waals surface area (Å²) in [5, 5.41) is 4.00. The lowest BCUT2D eigenvalue weighted by Gasteiger charge is -2.06. The molecule has 0 bridgehead atoms. The van der Waals surface area contributed by atoms with Crippen molar-refractivity contribution in [1.29, 1.82) is 0 Å². The molecule has 2 aromatic heterocycles. The van der Waals surface area contributed by atoms with E-state index in [1.165, 1.54) is 11.0 Å². The Labute approximate surface area is 103 Å². The molecule has 0 saturated heterocycles. The number of rotatable bonds is 3. The van der Waals surface area contributed by atoms with Crippen LogP contribution in [-0.2, 0) is 7.05 Å². The van der Waals surface area contributed by atoms with Crippen molar-refractivity contribution in [2.75, 3.05) is 0 Å². The SMILES string of the molecule is Cc1ccc(C(N)=S)c(Oc2ncn(C)n2)n1. The Kier molecular flexibility index (Phi) is 3.01. The van der Waals surface area contributed by atoms with E-state index in [4.69, 9.17) is 22.7 Å². The van der Waals surface area contributed by atoms with Crippen molar-refractivity contribution in [2.24, 2.45) is 12.8 Å². The fourth-order valence-corrected chi connectivity index (χ4v) is 1.41. The van der Waals surface area contributed by atoms with Crippen LogP contribution >= 0.6 is 12.2 Å². The third-order valence-electron chi connectivity index (χ3n) is 2.03. The highest BCUT2D eigenvalue weighted by Crippen LogP contribution is 2.20. The number of nitrogens with two attached hydrogens (primary N) is 1. The van der Waals surface area contributed by atoms with Crippen LogP contribution in [0.25, 0.3) is 0 Å². The van der Waals surface area contributed by atoms with Crippen molar-refractivity contribution in [2.45, 2.75) is 6.92 Å². The Balaban J connectivity index is 2.37. The van der Waals surface area contributed by atoms with Gasteiger partial charge in [-0.15, -0.1) is 5.10 Å². The van der Waals surface area contributed by atoms with Crippen molar-refractivity contribution in [3.63, 3.8) is 0 Å². The van der Waals surface area contributed by atoms with Gasteiger partial charge in [-0.2, -0.15) is 4.98 Å².